The van der Waals surface area contributed by atoms with E-state index < -0.39 is 6.04 Å². The highest BCUT2D eigenvalue weighted by atomic mass is 35.5. The molecule has 0 unspecified atom stereocenters. The quantitative estimate of drug-likeness (QED) is 0.328. The number of carbonyl (C=O) groups excluding carboxylic acids is 2. The highest BCUT2D eigenvalue weighted by molar-refractivity contribution is 6.42. The third-order valence-electron chi connectivity index (χ3n) is 5.64. The number of ether oxygens (including phenoxy) is 1. The molecule has 0 aliphatic heterocycles. The van der Waals surface area contributed by atoms with Gasteiger partial charge in [-0.05, 0) is 53.8 Å². The summed E-state index contributed by atoms with van der Waals surface area (Å²) in [6.07, 6.45) is 0.363. The first-order valence-corrected chi connectivity index (χ1v) is 12.7. The number of amides is 2. The molecule has 0 saturated carbocycles. The molecule has 0 aromatic heterocycles. The van der Waals surface area contributed by atoms with Gasteiger partial charge in [-0.15, -0.1) is 0 Å². The van der Waals surface area contributed by atoms with Gasteiger partial charge in [0.05, 0.1) is 10.0 Å². The molecule has 2 amide bonds. The van der Waals surface area contributed by atoms with Gasteiger partial charge in [-0.2, -0.15) is 0 Å². The second-order valence-electron chi connectivity index (χ2n) is 9.22. The lowest BCUT2D eigenvalue weighted by molar-refractivity contribution is -0.142. The molecule has 0 aliphatic rings. The van der Waals surface area contributed by atoms with E-state index in [1.807, 2.05) is 75.4 Å². The van der Waals surface area contributed by atoms with Crippen LogP contribution < -0.4 is 10.1 Å². The Morgan fingerprint density at radius 1 is 0.917 bits per heavy atom. The predicted molar refractivity (Wildman–Crippen MR) is 145 cm³/mol. The van der Waals surface area contributed by atoms with Gasteiger partial charge in [-0.25, -0.2) is 0 Å². The monoisotopic (exact) mass is 526 g/mol. The van der Waals surface area contributed by atoms with Crippen molar-refractivity contribution >= 4 is 35.0 Å². The minimum Gasteiger partial charge on any atom is -0.484 e. The van der Waals surface area contributed by atoms with Crippen LogP contribution in [0.4, 0.5) is 0 Å². The lowest BCUT2D eigenvalue weighted by atomic mass is 10.0. The summed E-state index contributed by atoms with van der Waals surface area (Å²) in [6, 6.07) is 21.7. The van der Waals surface area contributed by atoms with E-state index in [1.54, 1.807) is 23.1 Å². The van der Waals surface area contributed by atoms with E-state index >= 15 is 0 Å². The van der Waals surface area contributed by atoms with E-state index in [-0.39, 0.29) is 30.9 Å². The molecule has 36 heavy (non-hydrogen) atoms. The van der Waals surface area contributed by atoms with Crippen molar-refractivity contribution in [2.75, 3.05) is 13.2 Å². The van der Waals surface area contributed by atoms with Crippen LogP contribution in [0.2, 0.25) is 10.0 Å². The third-order valence-corrected chi connectivity index (χ3v) is 6.38. The van der Waals surface area contributed by atoms with Crippen LogP contribution in [0.3, 0.4) is 0 Å². The van der Waals surface area contributed by atoms with E-state index in [0.717, 1.165) is 16.7 Å². The number of hydrogen-bond donors (Lipinski definition) is 1. The Labute approximate surface area is 223 Å². The van der Waals surface area contributed by atoms with Crippen molar-refractivity contribution in [3.8, 4) is 5.75 Å². The fraction of sp³-hybridized carbons (Fsp3) is 0.310. The normalized spacial score (nSPS) is 11.7. The smallest absolute Gasteiger partial charge is 0.261 e. The molecule has 0 aliphatic carbocycles. The largest absolute Gasteiger partial charge is 0.484 e. The Balaban J connectivity index is 1.92. The van der Waals surface area contributed by atoms with Crippen molar-refractivity contribution < 1.29 is 14.3 Å². The van der Waals surface area contributed by atoms with Crippen LogP contribution in [0.5, 0.6) is 5.75 Å². The van der Waals surface area contributed by atoms with Crippen molar-refractivity contribution in [3.63, 3.8) is 0 Å². The van der Waals surface area contributed by atoms with Gasteiger partial charge in [0.25, 0.3) is 5.91 Å². The number of nitrogens with zero attached hydrogens (tertiary/aromatic N) is 1. The van der Waals surface area contributed by atoms with Gasteiger partial charge in [0, 0.05) is 19.5 Å². The molecule has 1 N–H and O–H groups in total. The Morgan fingerprint density at radius 3 is 2.33 bits per heavy atom. The number of halogens is 2. The number of hydrogen-bond acceptors (Lipinski definition) is 3. The van der Waals surface area contributed by atoms with Gasteiger partial charge in [0.1, 0.15) is 11.8 Å². The highest BCUT2D eigenvalue weighted by Gasteiger charge is 2.31. The Hall–Kier alpha value is -3.02. The Bertz CT molecular complexity index is 1170. The number of rotatable bonds is 11. The van der Waals surface area contributed by atoms with Crippen LogP contribution in [-0.2, 0) is 22.6 Å². The fourth-order valence-electron chi connectivity index (χ4n) is 3.74. The molecule has 5 nitrogen and oxygen atoms in total. The molecule has 3 rings (SSSR count). The summed E-state index contributed by atoms with van der Waals surface area (Å²) in [5, 5.41) is 3.82. The zero-order chi connectivity index (χ0) is 26.1. The zero-order valence-corrected chi connectivity index (χ0v) is 22.4. The first kappa shape index (κ1) is 27.6. The lowest BCUT2D eigenvalue weighted by Gasteiger charge is -2.31. The third kappa shape index (κ3) is 8.28. The standard InChI is InChI=1S/C29H32Cl2N2O3/c1-20(2)17-32-29(35)27(16-22-9-5-4-6-10-22)33(18-23-12-13-25(30)26(31)15-23)28(34)19-36-24-11-7-8-21(3)14-24/h4-15,20,27H,16-19H2,1-3H3,(H,32,35)/t27-/m1/s1. The van der Waals surface area contributed by atoms with E-state index in [2.05, 4.69) is 5.32 Å². The lowest BCUT2D eigenvalue weighted by Crippen LogP contribution is -2.52. The number of benzene rings is 3. The maximum absolute atomic E-state index is 13.6. The van der Waals surface area contributed by atoms with E-state index in [9.17, 15) is 9.59 Å². The fourth-order valence-corrected chi connectivity index (χ4v) is 4.06. The van der Waals surface area contributed by atoms with Gasteiger partial charge in [0.2, 0.25) is 5.91 Å². The summed E-state index contributed by atoms with van der Waals surface area (Å²) in [5.74, 6) is 0.358. The molecule has 3 aromatic carbocycles. The summed E-state index contributed by atoms with van der Waals surface area (Å²) in [6.45, 7) is 6.51. The van der Waals surface area contributed by atoms with Crippen molar-refractivity contribution in [3.05, 3.63) is 99.5 Å². The molecule has 0 radical (unpaired) electrons. The van der Waals surface area contributed by atoms with Gasteiger partial charge in [-0.3, -0.25) is 9.59 Å². The molecule has 0 saturated heterocycles. The zero-order valence-electron chi connectivity index (χ0n) is 20.8. The van der Waals surface area contributed by atoms with Crippen LogP contribution >= 0.6 is 23.2 Å². The average molecular weight is 527 g/mol. The number of aryl methyl sites for hydroxylation is 1. The minimum atomic E-state index is -0.741. The number of carbonyl (C=O) groups is 2. The topological polar surface area (TPSA) is 58.6 Å². The number of nitrogens with one attached hydrogen (secondary N) is 1. The first-order chi connectivity index (χ1) is 17.2. The molecular formula is C29H32Cl2N2O3. The minimum absolute atomic E-state index is 0.180. The van der Waals surface area contributed by atoms with Gasteiger partial charge < -0.3 is 15.0 Å². The van der Waals surface area contributed by atoms with Crippen LogP contribution in [-0.4, -0.2) is 35.9 Å². The summed E-state index contributed by atoms with van der Waals surface area (Å²) in [7, 11) is 0. The molecule has 7 heteroatoms. The summed E-state index contributed by atoms with van der Waals surface area (Å²) >= 11 is 12.4. The summed E-state index contributed by atoms with van der Waals surface area (Å²) in [5.41, 5.74) is 2.75. The highest BCUT2D eigenvalue weighted by Crippen LogP contribution is 2.24. The molecule has 0 spiro atoms. The second-order valence-corrected chi connectivity index (χ2v) is 10.0. The SMILES string of the molecule is Cc1cccc(OCC(=O)N(Cc2ccc(Cl)c(Cl)c2)[C@H](Cc2ccccc2)C(=O)NCC(C)C)c1. The second kappa shape index (κ2) is 13.3. The van der Waals surface area contributed by atoms with Crippen LogP contribution in [0.1, 0.15) is 30.5 Å². The molecular weight excluding hydrogens is 495 g/mol. The molecule has 0 fully saturated rings. The average Bonchev–Trinajstić information content (AvgIpc) is 2.86. The van der Waals surface area contributed by atoms with Crippen LogP contribution in [0, 0.1) is 12.8 Å². The molecule has 3 aromatic rings. The Morgan fingerprint density at radius 2 is 1.67 bits per heavy atom. The van der Waals surface area contributed by atoms with Crippen molar-refractivity contribution in [2.45, 2.75) is 39.8 Å². The molecule has 0 heterocycles. The van der Waals surface area contributed by atoms with Crippen molar-refractivity contribution in [1.29, 1.82) is 0 Å². The first-order valence-electron chi connectivity index (χ1n) is 12.0. The molecule has 190 valence electrons. The van der Waals surface area contributed by atoms with Gasteiger partial charge in [0.15, 0.2) is 6.61 Å². The Kier molecular flexibility index (Phi) is 10.2. The summed E-state index contributed by atoms with van der Waals surface area (Å²) < 4.78 is 5.82. The van der Waals surface area contributed by atoms with Gasteiger partial charge in [-0.1, -0.05) is 85.6 Å². The maximum Gasteiger partial charge on any atom is 0.261 e. The van der Waals surface area contributed by atoms with E-state index in [0.29, 0.717) is 28.8 Å². The van der Waals surface area contributed by atoms with E-state index in [1.165, 1.54) is 0 Å². The molecule has 0 bridgehead atoms. The maximum atomic E-state index is 13.6. The van der Waals surface area contributed by atoms with Crippen molar-refractivity contribution in [1.82, 2.24) is 10.2 Å². The predicted octanol–water partition coefficient (Wildman–Crippen LogP) is 6.09. The van der Waals surface area contributed by atoms with Gasteiger partial charge >= 0.3 is 0 Å². The van der Waals surface area contributed by atoms with Crippen LogP contribution in [0.25, 0.3) is 0 Å². The van der Waals surface area contributed by atoms with Crippen LogP contribution in [0.15, 0.2) is 72.8 Å². The molecule has 1 atom stereocenters. The van der Waals surface area contributed by atoms with E-state index in [4.69, 9.17) is 27.9 Å². The summed E-state index contributed by atoms with van der Waals surface area (Å²) in [4.78, 5) is 28.6. The van der Waals surface area contributed by atoms with Crippen molar-refractivity contribution in [2.24, 2.45) is 5.92 Å².